The predicted octanol–water partition coefficient (Wildman–Crippen LogP) is 2.66. The Kier molecular flexibility index (Phi) is 8.91. The first-order chi connectivity index (χ1) is 20.3. The summed E-state index contributed by atoms with van der Waals surface area (Å²) in [5.74, 6) is -1.79. The first kappa shape index (κ1) is 29.3. The molecule has 0 radical (unpaired) electrons. The first-order valence-electron chi connectivity index (χ1n) is 14.3. The maximum absolute atomic E-state index is 13.8. The highest BCUT2D eigenvalue weighted by molar-refractivity contribution is 6.01. The SMILES string of the molecule is CCCCN(C(=O)CN1CC(c2cc(OC)c3c(c2)OCO3)C(C(=O)O)C1CCN1C(=O)CCC1=O)c1cccnc1. The Hall–Kier alpha value is -4.19. The summed E-state index contributed by atoms with van der Waals surface area (Å²) in [5.41, 5.74) is 1.36. The largest absolute Gasteiger partial charge is 0.493 e. The molecule has 224 valence electrons. The highest BCUT2D eigenvalue weighted by atomic mass is 16.7. The van der Waals surface area contributed by atoms with Crippen molar-refractivity contribution in [1.29, 1.82) is 0 Å². The van der Waals surface area contributed by atoms with Crippen LogP contribution in [0.3, 0.4) is 0 Å². The minimum absolute atomic E-state index is 0.0330. The first-order valence-corrected chi connectivity index (χ1v) is 14.3. The van der Waals surface area contributed by atoms with Crippen LogP contribution in [-0.2, 0) is 19.2 Å². The topological polar surface area (TPSA) is 139 Å². The monoisotopic (exact) mass is 580 g/mol. The van der Waals surface area contributed by atoms with E-state index in [1.165, 1.54) is 12.0 Å². The number of pyridine rings is 1. The number of benzene rings is 1. The summed E-state index contributed by atoms with van der Waals surface area (Å²) in [7, 11) is 1.51. The van der Waals surface area contributed by atoms with Crippen molar-refractivity contribution in [1.82, 2.24) is 14.8 Å². The normalized spacial score (nSPS) is 21.7. The van der Waals surface area contributed by atoms with Crippen molar-refractivity contribution < 1.29 is 38.5 Å². The minimum Gasteiger partial charge on any atom is -0.493 e. The second kappa shape index (κ2) is 12.8. The van der Waals surface area contributed by atoms with Crippen molar-refractivity contribution in [2.45, 2.75) is 51.0 Å². The van der Waals surface area contributed by atoms with Gasteiger partial charge in [0, 0.05) is 50.6 Å². The van der Waals surface area contributed by atoms with Crippen LogP contribution in [0.5, 0.6) is 17.2 Å². The van der Waals surface area contributed by atoms with Gasteiger partial charge in [-0.15, -0.1) is 0 Å². The number of unbranched alkanes of at least 4 members (excludes halogenated alkanes) is 1. The molecule has 3 unspecified atom stereocenters. The number of likely N-dealkylation sites (tertiary alicyclic amines) is 2. The maximum Gasteiger partial charge on any atom is 0.308 e. The molecule has 0 aliphatic carbocycles. The molecule has 1 aromatic carbocycles. The van der Waals surface area contributed by atoms with Gasteiger partial charge < -0.3 is 24.2 Å². The number of nitrogens with zero attached hydrogens (tertiary/aromatic N) is 4. The van der Waals surface area contributed by atoms with E-state index >= 15 is 0 Å². The third-order valence-electron chi connectivity index (χ3n) is 8.28. The van der Waals surface area contributed by atoms with E-state index in [1.54, 1.807) is 35.5 Å². The lowest BCUT2D eigenvalue weighted by Gasteiger charge is -2.30. The van der Waals surface area contributed by atoms with Crippen molar-refractivity contribution in [3.63, 3.8) is 0 Å². The van der Waals surface area contributed by atoms with Gasteiger partial charge in [-0.3, -0.25) is 34.0 Å². The molecule has 0 bridgehead atoms. The number of carboxylic acids is 1. The van der Waals surface area contributed by atoms with E-state index in [2.05, 4.69) is 4.98 Å². The second-order valence-corrected chi connectivity index (χ2v) is 10.8. The van der Waals surface area contributed by atoms with Gasteiger partial charge >= 0.3 is 5.97 Å². The molecule has 1 aromatic heterocycles. The minimum atomic E-state index is -1.02. The molecular weight excluding hydrogens is 544 g/mol. The van der Waals surface area contributed by atoms with Crippen LogP contribution in [0.15, 0.2) is 36.7 Å². The highest BCUT2D eigenvalue weighted by Gasteiger charge is 2.48. The number of rotatable bonds is 12. The fourth-order valence-electron chi connectivity index (χ4n) is 6.17. The van der Waals surface area contributed by atoms with E-state index < -0.39 is 23.8 Å². The highest BCUT2D eigenvalue weighted by Crippen LogP contribution is 2.47. The summed E-state index contributed by atoms with van der Waals surface area (Å²) in [6, 6.07) is 6.51. The number of carbonyl (C=O) groups is 4. The zero-order valence-corrected chi connectivity index (χ0v) is 23.9. The van der Waals surface area contributed by atoms with Crippen LogP contribution in [0.2, 0.25) is 0 Å². The van der Waals surface area contributed by atoms with Gasteiger partial charge in [0.15, 0.2) is 11.5 Å². The van der Waals surface area contributed by atoms with Gasteiger partial charge in [0.05, 0.1) is 31.5 Å². The third-order valence-corrected chi connectivity index (χ3v) is 8.28. The fourth-order valence-corrected chi connectivity index (χ4v) is 6.17. The van der Waals surface area contributed by atoms with E-state index in [1.807, 2.05) is 17.9 Å². The van der Waals surface area contributed by atoms with E-state index in [-0.39, 0.29) is 63.4 Å². The van der Waals surface area contributed by atoms with Crippen LogP contribution in [0.1, 0.15) is 50.5 Å². The molecule has 3 aliphatic heterocycles. The Balaban J connectivity index is 1.47. The van der Waals surface area contributed by atoms with E-state index in [0.717, 1.165) is 12.8 Å². The number of aromatic nitrogens is 1. The number of anilines is 1. The lowest BCUT2D eigenvalue weighted by atomic mass is 9.84. The Labute approximate surface area is 244 Å². The standard InChI is InChI=1S/C30H36N4O8/c1-3-4-11-33(20-6-5-10-31-15-20)27(37)17-32-16-21(19-13-23(40-2)29-24(14-19)41-18-42-29)28(30(38)39)22(32)9-12-34-25(35)7-8-26(34)36/h5-6,10,13-15,21-22,28H,3-4,7-9,11-12,16-18H2,1-2H3,(H,38,39). The Morgan fingerprint density at radius 2 is 1.98 bits per heavy atom. The van der Waals surface area contributed by atoms with Gasteiger partial charge in [-0.1, -0.05) is 13.3 Å². The molecule has 4 heterocycles. The van der Waals surface area contributed by atoms with Gasteiger partial charge in [0.25, 0.3) is 0 Å². The van der Waals surface area contributed by atoms with Gasteiger partial charge in [-0.25, -0.2) is 0 Å². The summed E-state index contributed by atoms with van der Waals surface area (Å²) in [4.78, 5) is 60.3. The average molecular weight is 581 g/mol. The van der Waals surface area contributed by atoms with Gasteiger partial charge in [-0.2, -0.15) is 0 Å². The summed E-state index contributed by atoms with van der Waals surface area (Å²) in [5, 5.41) is 10.5. The molecule has 3 amide bonds. The molecule has 12 heteroatoms. The molecule has 3 atom stereocenters. The van der Waals surface area contributed by atoms with Crippen LogP contribution < -0.4 is 19.1 Å². The number of carbonyl (C=O) groups excluding carboxylic acids is 3. The number of aliphatic carboxylic acids is 1. The van der Waals surface area contributed by atoms with Crippen molar-refractivity contribution >= 4 is 29.4 Å². The van der Waals surface area contributed by atoms with Crippen molar-refractivity contribution in [3.05, 3.63) is 42.2 Å². The Morgan fingerprint density at radius 3 is 2.64 bits per heavy atom. The van der Waals surface area contributed by atoms with Crippen LogP contribution in [0.4, 0.5) is 5.69 Å². The number of carboxylic acid groups (broad SMARTS) is 1. The quantitative estimate of drug-likeness (QED) is 0.373. The Morgan fingerprint density at radius 1 is 1.19 bits per heavy atom. The summed E-state index contributed by atoms with van der Waals surface area (Å²) in [6.45, 7) is 2.91. The van der Waals surface area contributed by atoms with Crippen LogP contribution in [0, 0.1) is 5.92 Å². The van der Waals surface area contributed by atoms with E-state index in [4.69, 9.17) is 14.2 Å². The summed E-state index contributed by atoms with van der Waals surface area (Å²) in [6.07, 6.45) is 5.51. The molecule has 2 fully saturated rings. The van der Waals surface area contributed by atoms with E-state index in [0.29, 0.717) is 35.0 Å². The van der Waals surface area contributed by atoms with Gasteiger partial charge in [-0.05, 0) is 42.7 Å². The van der Waals surface area contributed by atoms with Crippen molar-refractivity contribution in [2.75, 3.05) is 45.0 Å². The number of amides is 3. The Bertz CT molecular complexity index is 1320. The second-order valence-electron chi connectivity index (χ2n) is 10.8. The lowest BCUT2D eigenvalue weighted by Crippen LogP contribution is -2.46. The molecular formula is C30H36N4O8. The molecule has 5 rings (SSSR count). The van der Waals surface area contributed by atoms with Crippen LogP contribution in [-0.4, -0.2) is 89.7 Å². The molecule has 2 saturated heterocycles. The number of methoxy groups -OCH3 is 1. The molecule has 3 aliphatic rings. The molecule has 42 heavy (non-hydrogen) atoms. The van der Waals surface area contributed by atoms with Crippen molar-refractivity contribution in [2.24, 2.45) is 5.92 Å². The smallest absolute Gasteiger partial charge is 0.308 e. The average Bonchev–Trinajstić information content (AvgIpc) is 3.69. The van der Waals surface area contributed by atoms with E-state index in [9.17, 15) is 24.3 Å². The summed E-state index contributed by atoms with van der Waals surface area (Å²) >= 11 is 0. The molecule has 0 saturated carbocycles. The van der Waals surface area contributed by atoms with Crippen molar-refractivity contribution in [3.8, 4) is 17.2 Å². The number of ether oxygens (including phenoxy) is 3. The molecule has 0 spiro atoms. The number of imide groups is 1. The number of hydrogen-bond acceptors (Lipinski definition) is 9. The number of hydrogen-bond donors (Lipinski definition) is 1. The molecule has 2 aromatic rings. The van der Waals surface area contributed by atoms with Crippen LogP contribution >= 0.6 is 0 Å². The molecule has 1 N–H and O–H groups in total. The fraction of sp³-hybridized carbons (Fsp3) is 0.500. The predicted molar refractivity (Wildman–Crippen MR) is 150 cm³/mol. The van der Waals surface area contributed by atoms with Gasteiger partial charge in [0.2, 0.25) is 30.3 Å². The lowest BCUT2D eigenvalue weighted by molar-refractivity contribution is -0.143. The maximum atomic E-state index is 13.8. The van der Waals surface area contributed by atoms with Crippen LogP contribution in [0.25, 0.3) is 0 Å². The molecule has 12 nitrogen and oxygen atoms in total. The number of fused-ring (bicyclic) bond motifs is 1. The zero-order chi connectivity index (χ0) is 29.8. The zero-order valence-electron chi connectivity index (χ0n) is 23.9. The van der Waals surface area contributed by atoms with Gasteiger partial charge in [0.1, 0.15) is 0 Å². The third kappa shape index (κ3) is 5.89. The summed E-state index contributed by atoms with van der Waals surface area (Å²) < 4.78 is 16.6.